The number of nitrogens with one attached hydrogen (secondary N) is 2. The zero-order chi connectivity index (χ0) is 17.4. The second-order valence-electron chi connectivity index (χ2n) is 5.51. The molecule has 1 amide bonds. The Kier molecular flexibility index (Phi) is 6.42. The van der Waals surface area contributed by atoms with Crippen molar-refractivity contribution in [1.82, 2.24) is 10.3 Å². The molecule has 6 heteroatoms. The molecule has 2 rings (SSSR count). The van der Waals surface area contributed by atoms with Crippen molar-refractivity contribution >= 4 is 11.7 Å². The predicted molar refractivity (Wildman–Crippen MR) is 93.8 cm³/mol. The molecule has 128 valence electrons. The molecule has 0 saturated carbocycles. The van der Waals surface area contributed by atoms with Crippen LogP contribution in [0.3, 0.4) is 0 Å². The lowest BCUT2D eigenvalue weighted by molar-refractivity contribution is 0.0947. The average molecular weight is 329 g/mol. The summed E-state index contributed by atoms with van der Waals surface area (Å²) in [6.07, 6.45) is 1.62. The number of carbonyl (C=O) groups is 1. The van der Waals surface area contributed by atoms with Crippen LogP contribution in [0.25, 0.3) is 0 Å². The van der Waals surface area contributed by atoms with E-state index in [0.29, 0.717) is 24.5 Å². The smallest absolute Gasteiger partial charge is 0.251 e. The molecule has 0 bridgehead atoms. The molecular formula is C18H23N3O3. The molecule has 0 aliphatic carbocycles. The van der Waals surface area contributed by atoms with E-state index in [1.807, 2.05) is 38.1 Å². The number of rotatable bonds is 8. The molecule has 0 fully saturated rings. The molecule has 24 heavy (non-hydrogen) atoms. The number of aromatic nitrogens is 1. The normalized spacial score (nSPS) is 10.3. The minimum Gasteiger partial charge on any atom is -0.497 e. The van der Waals surface area contributed by atoms with E-state index >= 15 is 0 Å². The van der Waals surface area contributed by atoms with E-state index in [4.69, 9.17) is 9.47 Å². The summed E-state index contributed by atoms with van der Waals surface area (Å²) in [7, 11) is 1.62. The van der Waals surface area contributed by atoms with E-state index in [2.05, 4.69) is 15.6 Å². The van der Waals surface area contributed by atoms with Crippen molar-refractivity contribution in [3.63, 3.8) is 0 Å². The van der Waals surface area contributed by atoms with E-state index in [1.54, 1.807) is 25.4 Å². The fraction of sp³-hybridized carbons (Fsp3) is 0.333. The Morgan fingerprint density at radius 2 is 1.88 bits per heavy atom. The van der Waals surface area contributed by atoms with Crippen molar-refractivity contribution in [2.24, 2.45) is 0 Å². The highest BCUT2D eigenvalue weighted by molar-refractivity contribution is 5.94. The van der Waals surface area contributed by atoms with Crippen LogP contribution in [0.4, 0.5) is 5.82 Å². The van der Waals surface area contributed by atoms with Gasteiger partial charge >= 0.3 is 0 Å². The Bertz CT molecular complexity index is 657. The van der Waals surface area contributed by atoms with Gasteiger partial charge in [-0.15, -0.1) is 0 Å². The van der Waals surface area contributed by atoms with Crippen molar-refractivity contribution in [3.8, 4) is 11.5 Å². The fourth-order valence-corrected chi connectivity index (χ4v) is 2.05. The van der Waals surface area contributed by atoms with Gasteiger partial charge in [0, 0.05) is 17.8 Å². The van der Waals surface area contributed by atoms with Crippen molar-refractivity contribution in [2.45, 2.75) is 19.9 Å². The molecule has 2 N–H and O–H groups in total. The van der Waals surface area contributed by atoms with Crippen LogP contribution in [0.2, 0.25) is 0 Å². The van der Waals surface area contributed by atoms with Crippen LogP contribution in [0.5, 0.6) is 11.5 Å². The first kappa shape index (κ1) is 17.6. The van der Waals surface area contributed by atoms with E-state index in [-0.39, 0.29) is 11.9 Å². The summed E-state index contributed by atoms with van der Waals surface area (Å²) in [5.41, 5.74) is 0.567. The molecule has 0 spiro atoms. The molecule has 0 saturated heterocycles. The number of hydrogen-bond acceptors (Lipinski definition) is 5. The average Bonchev–Trinajstić information content (AvgIpc) is 2.58. The topological polar surface area (TPSA) is 72.5 Å². The van der Waals surface area contributed by atoms with Gasteiger partial charge < -0.3 is 20.1 Å². The quantitative estimate of drug-likeness (QED) is 0.729. The Hall–Kier alpha value is -2.76. The third-order valence-electron chi connectivity index (χ3n) is 3.17. The molecule has 1 heterocycles. The summed E-state index contributed by atoms with van der Waals surface area (Å²) < 4.78 is 10.7. The Labute approximate surface area is 142 Å². The number of carbonyl (C=O) groups excluding carboxylic acids is 1. The molecule has 1 aromatic heterocycles. The lowest BCUT2D eigenvalue weighted by Crippen LogP contribution is -2.28. The van der Waals surface area contributed by atoms with Gasteiger partial charge in [0.1, 0.15) is 23.9 Å². The van der Waals surface area contributed by atoms with Gasteiger partial charge in [-0.1, -0.05) is 0 Å². The van der Waals surface area contributed by atoms with Crippen molar-refractivity contribution in [3.05, 3.63) is 48.2 Å². The van der Waals surface area contributed by atoms with Crippen LogP contribution in [0.1, 0.15) is 24.2 Å². The highest BCUT2D eigenvalue weighted by atomic mass is 16.5. The standard InChI is InChI=1S/C18H23N3O3/c1-13(2)21-17-12-14(8-9-19-17)18(22)20-10-11-24-16-6-4-15(23-3)5-7-16/h4-9,12-13H,10-11H2,1-3H3,(H,19,21)(H,20,22). The van der Waals surface area contributed by atoms with Gasteiger partial charge in [0.15, 0.2) is 0 Å². The first-order chi connectivity index (χ1) is 11.6. The largest absolute Gasteiger partial charge is 0.497 e. The predicted octanol–water partition coefficient (Wildman–Crippen LogP) is 2.72. The monoisotopic (exact) mass is 329 g/mol. The Morgan fingerprint density at radius 1 is 1.17 bits per heavy atom. The molecule has 0 atom stereocenters. The molecule has 6 nitrogen and oxygen atoms in total. The number of amides is 1. The third kappa shape index (κ3) is 5.46. The summed E-state index contributed by atoms with van der Waals surface area (Å²) in [5.74, 6) is 2.05. The number of pyridine rings is 1. The van der Waals surface area contributed by atoms with Crippen LogP contribution >= 0.6 is 0 Å². The summed E-state index contributed by atoms with van der Waals surface area (Å²) in [4.78, 5) is 16.3. The lowest BCUT2D eigenvalue weighted by atomic mass is 10.2. The highest BCUT2D eigenvalue weighted by Gasteiger charge is 2.07. The summed E-state index contributed by atoms with van der Waals surface area (Å²) in [6, 6.07) is 11.0. The maximum Gasteiger partial charge on any atom is 0.251 e. The number of hydrogen-bond donors (Lipinski definition) is 2. The summed E-state index contributed by atoms with van der Waals surface area (Å²) in [6.45, 7) is 4.84. The van der Waals surface area contributed by atoms with Crippen molar-refractivity contribution in [1.29, 1.82) is 0 Å². The second kappa shape index (κ2) is 8.76. The van der Waals surface area contributed by atoms with Gasteiger partial charge in [-0.2, -0.15) is 0 Å². The Balaban J connectivity index is 1.78. The van der Waals surface area contributed by atoms with E-state index in [9.17, 15) is 4.79 Å². The number of anilines is 1. The number of ether oxygens (including phenoxy) is 2. The zero-order valence-electron chi connectivity index (χ0n) is 14.2. The minimum atomic E-state index is -0.150. The highest BCUT2D eigenvalue weighted by Crippen LogP contribution is 2.16. The van der Waals surface area contributed by atoms with Crippen molar-refractivity contribution in [2.75, 3.05) is 25.6 Å². The van der Waals surface area contributed by atoms with Gasteiger partial charge in [-0.05, 0) is 50.2 Å². The van der Waals surface area contributed by atoms with E-state index in [0.717, 1.165) is 11.5 Å². The fourth-order valence-electron chi connectivity index (χ4n) is 2.05. The maximum absolute atomic E-state index is 12.1. The van der Waals surface area contributed by atoms with Crippen LogP contribution in [0.15, 0.2) is 42.6 Å². The van der Waals surface area contributed by atoms with E-state index < -0.39 is 0 Å². The SMILES string of the molecule is COc1ccc(OCCNC(=O)c2ccnc(NC(C)C)c2)cc1. The number of nitrogens with zero attached hydrogens (tertiary/aromatic N) is 1. The molecule has 2 aromatic rings. The van der Waals surface area contributed by atoms with Gasteiger partial charge in [-0.25, -0.2) is 4.98 Å². The van der Waals surface area contributed by atoms with Crippen LogP contribution in [0, 0.1) is 0 Å². The number of methoxy groups -OCH3 is 1. The molecule has 0 radical (unpaired) electrons. The molecule has 0 unspecified atom stereocenters. The molecular weight excluding hydrogens is 306 g/mol. The van der Waals surface area contributed by atoms with Gasteiger partial charge in [0.05, 0.1) is 13.7 Å². The molecule has 0 aliphatic heterocycles. The van der Waals surface area contributed by atoms with Gasteiger partial charge in [0.25, 0.3) is 5.91 Å². The third-order valence-corrected chi connectivity index (χ3v) is 3.17. The zero-order valence-corrected chi connectivity index (χ0v) is 14.2. The van der Waals surface area contributed by atoms with E-state index in [1.165, 1.54) is 0 Å². The molecule has 0 aliphatic rings. The summed E-state index contributed by atoms with van der Waals surface area (Å²) >= 11 is 0. The number of benzene rings is 1. The maximum atomic E-state index is 12.1. The van der Waals surface area contributed by atoms with Crippen LogP contribution < -0.4 is 20.1 Å². The minimum absolute atomic E-state index is 0.150. The Morgan fingerprint density at radius 3 is 2.54 bits per heavy atom. The van der Waals surface area contributed by atoms with Crippen LogP contribution in [-0.2, 0) is 0 Å². The summed E-state index contributed by atoms with van der Waals surface area (Å²) in [5, 5.41) is 6.00. The second-order valence-corrected chi connectivity index (χ2v) is 5.51. The lowest BCUT2D eigenvalue weighted by Gasteiger charge is -2.11. The van der Waals surface area contributed by atoms with Gasteiger partial charge in [0.2, 0.25) is 0 Å². The molecule has 1 aromatic carbocycles. The van der Waals surface area contributed by atoms with Gasteiger partial charge in [-0.3, -0.25) is 4.79 Å². The van der Waals surface area contributed by atoms with Crippen LogP contribution in [-0.4, -0.2) is 37.2 Å². The first-order valence-corrected chi connectivity index (χ1v) is 7.86. The first-order valence-electron chi connectivity index (χ1n) is 7.86. The van der Waals surface area contributed by atoms with Crippen molar-refractivity contribution < 1.29 is 14.3 Å².